The summed E-state index contributed by atoms with van der Waals surface area (Å²) in [6, 6.07) is 5.27. The van der Waals surface area contributed by atoms with Crippen LogP contribution in [0.5, 0.6) is 11.5 Å². The van der Waals surface area contributed by atoms with Gasteiger partial charge >= 0.3 is 0 Å². The van der Waals surface area contributed by atoms with Crippen molar-refractivity contribution >= 4 is 43.5 Å². The van der Waals surface area contributed by atoms with Gasteiger partial charge in [-0.25, -0.2) is 9.97 Å². The normalized spacial score (nSPS) is 10.4. The molecule has 0 saturated carbocycles. The summed E-state index contributed by atoms with van der Waals surface area (Å²) in [6.07, 6.45) is 0. The summed E-state index contributed by atoms with van der Waals surface area (Å²) in [4.78, 5) is 8.59. The van der Waals surface area contributed by atoms with Crippen molar-refractivity contribution in [2.24, 2.45) is 0 Å². The van der Waals surface area contributed by atoms with Crippen molar-refractivity contribution in [3.05, 3.63) is 32.4 Å². The Labute approximate surface area is 132 Å². The molecule has 0 aliphatic rings. The molecular weight excluding hydrogens is 399 g/mol. The quantitative estimate of drug-likeness (QED) is 0.709. The molecule has 4 nitrogen and oxygen atoms in total. The van der Waals surface area contributed by atoms with Gasteiger partial charge < -0.3 is 9.47 Å². The predicted octanol–water partition coefficient (Wildman–Crippen LogP) is 4.34. The smallest absolute Gasteiger partial charge is 0.179 e. The number of ether oxygens (including phenoxy) is 2. The lowest BCUT2D eigenvalue weighted by molar-refractivity contribution is 0.355. The fraction of sp³-hybridized carbons (Fsp3) is 0.167. The summed E-state index contributed by atoms with van der Waals surface area (Å²) in [5.74, 6) is 1.55. The van der Waals surface area contributed by atoms with Crippen molar-refractivity contribution in [2.75, 3.05) is 14.2 Å². The van der Waals surface area contributed by atoms with Gasteiger partial charge in [0.25, 0.3) is 0 Å². The zero-order valence-electron chi connectivity index (χ0n) is 10.1. The molecule has 0 fully saturated rings. The molecule has 0 bridgehead atoms. The summed E-state index contributed by atoms with van der Waals surface area (Å²) in [5.41, 5.74) is 0.740. The van der Waals surface area contributed by atoms with Crippen LogP contribution in [-0.4, -0.2) is 24.2 Å². The van der Waals surface area contributed by atoms with Crippen molar-refractivity contribution in [3.63, 3.8) is 0 Å². The van der Waals surface area contributed by atoms with Gasteiger partial charge in [-0.2, -0.15) is 0 Å². The van der Waals surface area contributed by atoms with Gasteiger partial charge in [0.15, 0.2) is 17.3 Å². The minimum absolute atomic E-state index is 0.441. The van der Waals surface area contributed by atoms with Crippen LogP contribution >= 0.6 is 43.5 Å². The molecule has 2 aromatic rings. The zero-order chi connectivity index (χ0) is 14.0. The topological polar surface area (TPSA) is 44.2 Å². The highest BCUT2D eigenvalue weighted by Gasteiger charge is 2.14. The molecular formula is C12H9Br2ClN2O2. The summed E-state index contributed by atoms with van der Waals surface area (Å²) < 4.78 is 11.8. The number of aromatic nitrogens is 2. The lowest BCUT2D eigenvalue weighted by Crippen LogP contribution is -1.95. The van der Waals surface area contributed by atoms with Gasteiger partial charge in [0.2, 0.25) is 0 Å². The van der Waals surface area contributed by atoms with Crippen LogP contribution in [0, 0.1) is 0 Å². The Kier molecular flexibility index (Phi) is 4.65. The number of hydrogen-bond donors (Lipinski definition) is 0. The minimum atomic E-state index is 0.441. The van der Waals surface area contributed by atoms with E-state index >= 15 is 0 Å². The lowest BCUT2D eigenvalue weighted by Gasteiger charge is -2.11. The molecule has 2 rings (SSSR count). The lowest BCUT2D eigenvalue weighted by atomic mass is 10.2. The van der Waals surface area contributed by atoms with Crippen LogP contribution in [0.3, 0.4) is 0 Å². The van der Waals surface area contributed by atoms with Crippen LogP contribution in [0.25, 0.3) is 11.4 Å². The SMILES string of the molecule is COc1cc(-c2nc(Br)cc(Br)n2)cc(Cl)c1OC. The largest absolute Gasteiger partial charge is 0.493 e. The second kappa shape index (κ2) is 6.07. The third kappa shape index (κ3) is 3.19. The minimum Gasteiger partial charge on any atom is -0.493 e. The van der Waals surface area contributed by atoms with Crippen LogP contribution in [0.15, 0.2) is 27.4 Å². The van der Waals surface area contributed by atoms with Gasteiger partial charge in [-0.05, 0) is 44.0 Å². The van der Waals surface area contributed by atoms with Crippen LogP contribution in [0.4, 0.5) is 0 Å². The van der Waals surface area contributed by atoms with Crippen LogP contribution in [-0.2, 0) is 0 Å². The fourth-order valence-corrected chi connectivity index (χ4v) is 2.93. The highest BCUT2D eigenvalue weighted by molar-refractivity contribution is 9.11. The first-order valence-corrected chi connectivity index (χ1v) is 7.13. The van der Waals surface area contributed by atoms with Gasteiger partial charge in [-0.1, -0.05) is 11.6 Å². The molecule has 1 heterocycles. The van der Waals surface area contributed by atoms with E-state index in [0.717, 1.165) is 5.56 Å². The van der Waals surface area contributed by atoms with Crippen LogP contribution < -0.4 is 9.47 Å². The van der Waals surface area contributed by atoms with Gasteiger partial charge in [-0.15, -0.1) is 0 Å². The molecule has 0 amide bonds. The summed E-state index contributed by atoms with van der Waals surface area (Å²) >= 11 is 12.8. The number of halogens is 3. The number of benzene rings is 1. The van der Waals surface area contributed by atoms with Crippen molar-refractivity contribution < 1.29 is 9.47 Å². The summed E-state index contributed by atoms with van der Waals surface area (Å²) in [7, 11) is 3.09. The van der Waals surface area contributed by atoms with Gasteiger partial charge in [0, 0.05) is 11.6 Å². The van der Waals surface area contributed by atoms with E-state index < -0.39 is 0 Å². The van der Waals surface area contributed by atoms with Gasteiger partial charge in [0.05, 0.1) is 19.2 Å². The Morgan fingerprint density at radius 2 is 1.63 bits per heavy atom. The number of nitrogens with zero attached hydrogens (tertiary/aromatic N) is 2. The molecule has 0 N–H and O–H groups in total. The Morgan fingerprint density at radius 1 is 1.00 bits per heavy atom. The maximum atomic E-state index is 6.16. The van der Waals surface area contributed by atoms with Crippen molar-refractivity contribution in [1.82, 2.24) is 9.97 Å². The van der Waals surface area contributed by atoms with E-state index in [1.54, 1.807) is 25.3 Å². The van der Waals surface area contributed by atoms with E-state index in [0.29, 0.717) is 31.6 Å². The maximum Gasteiger partial charge on any atom is 0.179 e. The van der Waals surface area contributed by atoms with E-state index in [9.17, 15) is 0 Å². The first-order valence-electron chi connectivity index (χ1n) is 5.17. The van der Waals surface area contributed by atoms with Crippen molar-refractivity contribution in [2.45, 2.75) is 0 Å². The highest BCUT2D eigenvalue weighted by atomic mass is 79.9. The van der Waals surface area contributed by atoms with E-state index in [2.05, 4.69) is 41.8 Å². The number of rotatable bonds is 3. The monoisotopic (exact) mass is 406 g/mol. The Balaban J connectivity index is 2.59. The van der Waals surface area contributed by atoms with E-state index in [-0.39, 0.29) is 0 Å². The molecule has 0 radical (unpaired) electrons. The Hall–Kier alpha value is -0.850. The number of methoxy groups -OCH3 is 2. The maximum absolute atomic E-state index is 6.16. The molecule has 0 unspecified atom stereocenters. The molecule has 0 saturated heterocycles. The van der Waals surface area contributed by atoms with Crippen LogP contribution in [0.2, 0.25) is 5.02 Å². The van der Waals surface area contributed by atoms with Gasteiger partial charge in [-0.3, -0.25) is 0 Å². The highest BCUT2D eigenvalue weighted by Crippen LogP contribution is 2.38. The average molecular weight is 408 g/mol. The van der Waals surface area contributed by atoms with Crippen molar-refractivity contribution in [1.29, 1.82) is 0 Å². The molecule has 1 aromatic carbocycles. The summed E-state index contributed by atoms with van der Waals surface area (Å²) in [6.45, 7) is 0. The number of hydrogen-bond acceptors (Lipinski definition) is 4. The zero-order valence-corrected chi connectivity index (χ0v) is 14.0. The first-order chi connectivity index (χ1) is 9.05. The van der Waals surface area contributed by atoms with Crippen LogP contribution in [0.1, 0.15) is 0 Å². The van der Waals surface area contributed by atoms with E-state index in [1.807, 2.05) is 0 Å². The predicted molar refractivity (Wildman–Crippen MR) is 81.0 cm³/mol. The van der Waals surface area contributed by atoms with E-state index in [1.165, 1.54) is 7.11 Å². The molecule has 100 valence electrons. The first kappa shape index (κ1) is 14.6. The molecule has 0 aliphatic carbocycles. The molecule has 1 aromatic heterocycles. The second-order valence-electron chi connectivity index (χ2n) is 3.53. The molecule has 19 heavy (non-hydrogen) atoms. The fourth-order valence-electron chi connectivity index (χ4n) is 1.57. The third-order valence-corrected chi connectivity index (χ3v) is 3.45. The average Bonchev–Trinajstić information content (AvgIpc) is 2.36. The van der Waals surface area contributed by atoms with E-state index in [4.69, 9.17) is 21.1 Å². The third-order valence-electron chi connectivity index (χ3n) is 2.36. The molecule has 0 aliphatic heterocycles. The van der Waals surface area contributed by atoms with Crippen molar-refractivity contribution in [3.8, 4) is 22.9 Å². The Bertz CT molecular complexity index is 603. The standard InChI is InChI=1S/C12H9Br2ClN2O2/c1-18-8-4-6(3-7(15)11(8)19-2)12-16-9(13)5-10(14)17-12/h3-5H,1-2H3. The second-order valence-corrected chi connectivity index (χ2v) is 5.56. The molecule has 0 spiro atoms. The molecule has 7 heteroatoms. The summed E-state index contributed by atoms with van der Waals surface area (Å²) in [5, 5.41) is 0.441. The Morgan fingerprint density at radius 3 is 2.16 bits per heavy atom. The van der Waals surface area contributed by atoms with Gasteiger partial charge in [0.1, 0.15) is 9.21 Å². The molecule has 0 atom stereocenters.